The van der Waals surface area contributed by atoms with Crippen LogP contribution in [-0.2, 0) is 0 Å². The number of nitrogen functional groups attached to an aromatic ring is 3. The van der Waals surface area contributed by atoms with E-state index in [4.69, 9.17) is 17.3 Å². The van der Waals surface area contributed by atoms with Crippen molar-refractivity contribution < 1.29 is 0 Å². The van der Waals surface area contributed by atoms with E-state index in [0.717, 1.165) is 0 Å². The van der Waals surface area contributed by atoms with Gasteiger partial charge < -0.3 is 17.3 Å². The monoisotopic (exact) mass is 157 g/mol. The molecule has 1 heterocycles. The van der Waals surface area contributed by atoms with E-state index in [1.807, 2.05) is 0 Å². The molecule has 0 spiro atoms. The third-order valence-electron chi connectivity index (χ3n) is 1.20. The molecule has 0 aliphatic carbocycles. The Morgan fingerprint density at radius 2 is 1.82 bits per heavy atom. The van der Waals surface area contributed by atoms with Gasteiger partial charge in [0.05, 0.1) is 0 Å². The summed E-state index contributed by atoms with van der Waals surface area (Å²) >= 11 is 0. The number of nitrogens with zero attached hydrogens (tertiary/aromatic N) is 1. The summed E-state index contributed by atoms with van der Waals surface area (Å²) in [6.07, 6.45) is 0. The number of rotatable bonds is 0. The first-order chi connectivity index (χ1) is 5.04. The number of aromatic amines is 1. The Morgan fingerprint density at radius 1 is 1.27 bits per heavy atom. The van der Waals surface area contributed by atoms with Crippen LogP contribution in [0, 0.1) is 0 Å². The van der Waals surface area contributed by atoms with E-state index in [1.54, 1.807) is 0 Å². The molecule has 0 amide bonds. The van der Waals surface area contributed by atoms with E-state index < -0.39 is 11.2 Å². The van der Waals surface area contributed by atoms with Crippen molar-refractivity contribution in [2.24, 2.45) is 0 Å². The highest BCUT2D eigenvalue weighted by atomic mass is 16.2. The van der Waals surface area contributed by atoms with Crippen LogP contribution in [0.5, 0.6) is 0 Å². The van der Waals surface area contributed by atoms with Crippen LogP contribution in [0.1, 0.15) is 0 Å². The molecule has 0 saturated heterocycles. The van der Waals surface area contributed by atoms with Gasteiger partial charge >= 0.3 is 5.69 Å². The highest BCUT2D eigenvalue weighted by Crippen LogP contribution is 1.97. The molecule has 11 heavy (non-hydrogen) atoms. The van der Waals surface area contributed by atoms with Gasteiger partial charge in [-0.05, 0) is 0 Å². The van der Waals surface area contributed by atoms with E-state index >= 15 is 0 Å². The van der Waals surface area contributed by atoms with Gasteiger partial charge in [-0.3, -0.25) is 9.78 Å². The summed E-state index contributed by atoms with van der Waals surface area (Å²) < 4.78 is 0.353. The molecule has 1 aromatic rings. The maximum Gasteiger partial charge on any atom is 0.348 e. The van der Waals surface area contributed by atoms with Crippen LogP contribution < -0.4 is 28.6 Å². The molecule has 0 atom stereocenters. The number of hydrogen-bond donors (Lipinski definition) is 4. The average molecular weight is 157 g/mol. The molecule has 0 saturated carbocycles. The van der Waals surface area contributed by atoms with Gasteiger partial charge in [-0.25, -0.2) is 4.79 Å². The first-order valence-electron chi connectivity index (χ1n) is 2.69. The Labute approximate surface area is 60.4 Å². The highest BCUT2D eigenvalue weighted by molar-refractivity contribution is 5.55. The minimum atomic E-state index is -0.800. The lowest BCUT2D eigenvalue weighted by molar-refractivity contribution is 0.842. The summed E-state index contributed by atoms with van der Waals surface area (Å²) in [4.78, 5) is 23.6. The van der Waals surface area contributed by atoms with Gasteiger partial charge in [-0.2, -0.15) is 4.68 Å². The SMILES string of the molecule is Nc1[nH]c(=O)n(N)c(=O)c1N. The van der Waals surface area contributed by atoms with Crippen LogP contribution in [0.4, 0.5) is 11.5 Å². The molecular formula is C4H7N5O2. The van der Waals surface area contributed by atoms with Gasteiger partial charge in [0.15, 0.2) is 0 Å². The predicted molar refractivity (Wildman–Crippen MR) is 40.3 cm³/mol. The van der Waals surface area contributed by atoms with Gasteiger partial charge in [0.25, 0.3) is 5.56 Å². The maximum absolute atomic E-state index is 10.8. The molecule has 7 heteroatoms. The summed E-state index contributed by atoms with van der Waals surface area (Å²) in [6.45, 7) is 0. The van der Waals surface area contributed by atoms with Crippen LogP contribution in [0.3, 0.4) is 0 Å². The lowest BCUT2D eigenvalue weighted by atomic mass is 10.5. The van der Waals surface area contributed by atoms with Gasteiger partial charge in [-0.1, -0.05) is 0 Å². The van der Waals surface area contributed by atoms with Crippen LogP contribution in [0.2, 0.25) is 0 Å². The van der Waals surface area contributed by atoms with Crippen molar-refractivity contribution in [2.75, 3.05) is 17.3 Å². The normalized spacial score (nSPS) is 9.82. The van der Waals surface area contributed by atoms with E-state index in [0.29, 0.717) is 4.68 Å². The molecule has 0 fully saturated rings. The number of hydrogen-bond acceptors (Lipinski definition) is 5. The fraction of sp³-hybridized carbons (Fsp3) is 0. The quantitative estimate of drug-likeness (QED) is 0.307. The zero-order valence-corrected chi connectivity index (χ0v) is 5.50. The molecule has 0 unspecified atom stereocenters. The molecular weight excluding hydrogens is 150 g/mol. The van der Waals surface area contributed by atoms with Crippen molar-refractivity contribution in [3.63, 3.8) is 0 Å². The molecule has 0 bridgehead atoms. The smallest absolute Gasteiger partial charge is 0.348 e. The molecule has 0 radical (unpaired) electrons. The fourth-order valence-corrected chi connectivity index (χ4v) is 0.580. The highest BCUT2D eigenvalue weighted by Gasteiger charge is 2.04. The lowest BCUT2D eigenvalue weighted by Crippen LogP contribution is -2.42. The third-order valence-corrected chi connectivity index (χ3v) is 1.20. The zero-order valence-electron chi connectivity index (χ0n) is 5.50. The number of nitrogens with two attached hydrogens (primary N) is 3. The second-order valence-electron chi connectivity index (χ2n) is 1.93. The molecule has 0 aromatic carbocycles. The van der Waals surface area contributed by atoms with Gasteiger partial charge in [0.2, 0.25) is 0 Å². The minimum absolute atomic E-state index is 0.165. The fourth-order valence-electron chi connectivity index (χ4n) is 0.580. The second-order valence-corrected chi connectivity index (χ2v) is 1.93. The topological polar surface area (TPSA) is 133 Å². The Balaban J connectivity index is 3.74. The minimum Gasteiger partial charge on any atom is -0.391 e. The van der Waals surface area contributed by atoms with E-state index in [9.17, 15) is 9.59 Å². The number of anilines is 2. The molecule has 7 N–H and O–H groups in total. The first kappa shape index (κ1) is 7.19. The van der Waals surface area contributed by atoms with Crippen molar-refractivity contribution in [3.05, 3.63) is 20.8 Å². The lowest BCUT2D eigenvalue weighted by Gasteiger charge is -1.99. The standard InChI is InChI=1S/C4H7N5O2/c5-1-2(6)8-4(11)9(7)3(1)10/h5-7H2,(H,8,11). The predicted octanol–water partition coefficient (Wildman–Crippen LogP) is -2.59. The van der Waals surface area contributed by atoms with Crippen LogP contribution in [-0.4, -0.2) is 9.66 Å². The molecule has 60 valence electrons. The van der Waals surface area contributed by atoms with Crippen molar-refractivity contribution in [3.8, 4) is 0 Å². The Kier molecular flexibility index (Phi) is 1.34. The summed E-state index contributed by atoms with van der Waals surface area (Å²) in [5, 5.41) is 0. The summed E-state index contributed by atoms with van der Waals surface area (Å²) in [6, 6.07) is 0. The van der Waals surface area contributed by atoms with E-state index in [2.05, 4.69) is 4.98 Å². The summed E-state index contributed by atoms with van der Waals surface area (Å²) in [5.74, 6) is 4.81. The molecule has 7 nitrogen and oxygen atoms in total. The van der Waals surface area contributed by atoms with Gasteiger partial charge in [0, 0.05) is 0 Å². The third kappa shape index (κ3) is 0.914. The van der Waals surface area contributed by atoms with Crippen molar-refractivity contribution in [2.45, 2.75) is 0 Å². The molecule has 1 rings (SSSR count). The Bertz CT molecular complexity index is 388. The number of aromatic nitrogens is 2. The molecule has 0 aliphatic rings. The zero-order chi connectivity index (χ0) is 8.59. The second kappa shape index (κ2) is 2.04. The van der Waals surface area contributed by atoms with Crippen molar-refractivity contribution in [1.82, 2.24) is 9.66 Å². The van der Waals surface area contributed by atoms with Crippen LogP contribution in [0.15, 0.2) is 9.59 Å². The molecule has 0 aliphatic heterocycles. The van der Waals surface area contributed by atoms with E-state index in [-0.39, 0.29) is 11.5 Å². The maximum atomic E-state index is 10.8. The van der Waals surface area contributed by atoms with Crippen molar-refractivity contribution >= 4 is 11.5 Å². The van der Waals surface area contributed by atoms with Crippen molar-refractivity contribution in [1.29, 1.82) is 0 Å². The Hall–Kier alpha value is -1.92. The summed E-state index contributed by atoms with van der Waals surface area (Å²) in [5.41, 5.74) is 8.44. The largest absolute Gasteiger partial charge is 0.391 e. The van der Waals surface area contributed by atoms with Gasteiger partial charge in [-0.15, -0.1) is 0 Å². The Morgan fingerprint density at radius 3 is 2.36 bits per heavy atom. The number of H-pyrrole nitrogens is 1. The molecule has 1 aromatic heterocycles. The van der Waals surface area contributed by atoms with Crippen LogP contribution in [0.25, 0.3) is 0 Å². The summed E-state index contributed by atoms with van der Waals surface area (Å²) in [7, 11) is 0. The number of nitrogens with one attached hydrogen (secondary N) is 1. The van der Waals surface area contributed by atoms with E-state index in [1.165, 1.54) is 0 Å². The van der Waals surface area contributed by atoms with Crippen LogP contribution >= 0.6 is 0 Å². The average Bonchev–Trinajstić information content (AvgIpc) is 1.97. The van der Waals surface area contributed by atoms with Gasteiger partial charge in [0.1, 0.15) is 11.5 Å². The first-order valence-corrected chi connectivity index (χ1v) is 2.69.